The molecule has 0 aromatic rings. The maximum absolute atomic E-state index is 5.73. The van der Waals surface area contributed by atoms with Crippen LogP contribution in [0.5, 0.6) is 0 Å². The predicted molar refractivity (Wildman–Crippen MR) is 85.2 cm³/mol. The predicted octanol–water partition coefficient (Wildman–Crippen LogP) is 5.30. The van der Waals surface area contributed by atoms with E-state index in [1.165, 1.54) is 10.6 Å². The van der Waals surface area contributed by atoms with Crippen molar-refractivity contribution in [1.82, 2.24) is 0 Å². The van der Waals surface area contributed by atoms with Gasteiger partial charge in [0.15, 0.2) is 0 Å². The summed E-state index contributed by atoms with van der Waals surface area (Å²) in [4.78, 5) is 0. The lowest BCUT2D eigenvalue weighted by Crippen LogP contribution is -1.85. The third-order valence-electron chi connectivity index (χ3n) is 2.18. The van der Waals surface area contributed by atoms with Crippen LogP contribution in [0.15, 0.2) is 58.5 Å². The largest absolute Gasteiger partial charge is 0.110 e. The molecule has 0 nitrogen and oxygen atoms in total. The van der Waals surface area contributed by atoms with Crippen LogP contribution in [0.25, 0.3) is 0 Å². The summed E-state index contributed by atoms with van der Waals surface area (Å²) in [7, 11) is 0. The second kappa shape index (κ2) is 4.02. The molecule has 16 heavy (non-hydrogen) atoms. The number of hydrogen-bond acceptors (Lipinski definition) is 4. The SMILES string of the molecule is S=P1(C2=C=CC=C2)SP(=S)(C2=C=CC=C2)S1. The molecule has 0 amide bonds. The zero-order chi connectivity index (χ0) is 11.2. The molecule has 0 aromatic heterocycles. The van der Waals surface area contributed by atoms with Gasteiger partial charge in [-0.15, -0.1) is 11.5 Å². The molecule has 0 N–H and O–H groups in total. The molecule has 3 aliphatic rings. The van der Waals surface area contributed by atoms with Crippen LogP contribution in [0.4, 0.5) is 0 Å². The van der Waals surface area contributed by atoms with Crippen LogP contribution in [-0.2, 0) is 23.6 Å². The molecule has 2 aliphatic carbocycles. The van der Waals surface area contributed by atoms with Crippen molar-refractivity contribution in [2.24, 2.45) is 0 Å². The van der Waals surface area contributed by atoms with Gasteiger partial charge in [0.25, 0.3) is 0 Å². The highest BCUT2D eigenvalue weighted by atomic mass is 33.7. The Morgan fingerprint density at radius 1 is 0.875 bits per heavy atom. The van der Waals surface area contributed by atoms with Crippen molar-refractivity contribution in [2.75, 3.05) is 0 Å². The number of allylic oxidation sites excluding steroid dienone is 6. The molecule has 0 atom stereocenters. The zero-order valence-electron chi connectivity index (χ0n) is 7.99. The lowest BCUT2D eigenvalue weighted by Gasteiger charge is -2.39. The molecule has 0 unspecified atom stereocenters. The van der Waals surface area contributed by atoms with E-state index < -0.39 is 8.88 Å². The van der Waals surface area contributed by atoms with Crippen molar-refractivity contribution in [3.05, 3.63) is 58.5 Å². The molecule has 0 spiro atoms. The van der Waals surface area contributed by atoms with E-state index in [2.05, 4.69) is 23.6 Å². The third-order valence-corrected chi connectivity index (χ3v) is 33.0. The van der Waals surface area contributed by atoms with Gasteiger partial charge in [-0.25, -0.2) is 0 Å². The fraction of sp³-hybridized carbons (Fsp3) is 0. The highest BCUT2D eigenvalue weighted by molar-refractivity contribution is 9.47. The third kappa shape index (κ3) is 1.79. The number of hydrogen-bond donors (Lipinski definition) is 0. The summed E-state index contributed by atoms with van der Waals surface area (Å²) in [5.41, 5.74) is 6.45. The van der Waals surface area contributed by atoms with Crippen molar-refractivity contribution >= 4 is 54.5 Å². The molecule has 1 heterocycles. The summed E-state index contributed by atoms with van der Waals surface area (Å²) < 4.78 is -3.05. The minimum Gasteiger partial charge on any atom is -0.110 e. The summed E-state index contributed by atoms with van der Waals surface area (Å²) in [6.07, 6.45) is 12.0. The summed E-state index contributed by atoms with van der Waals surface area (Å²) in [5, 5.41) is 2.37. The second-order valence-electron chi connectivity index (χ2n) is 3.27. The van der Waals surface area contributed by atoms with Gasteiger partial charge in [0.1, 0.15) is 8.88 Å². The maximum Gasteiger partial charge on any atom is 0.104 e. The van der Waals surface area contributed by atoms with Crippen molar-refractivity contribution in [3.63, 3.8) is 0 Å². The molecule has 6 heteroatoms. The van der Waals surface area contributed by atoms with Gasteiger partial charge in [0, 0.05) is 10.6 Å². The van der Waals surface area contributed by atoms with Crippen molar-refractivity contribution in [1.29, 1.82) is 0 Å². The Kier molecular flexibility index (Phi) is 2.92. The van der Waals surface area contributed by atoms with E-state index in [1.54, 1.807) is 0 Å². The minimum absolute atomic E-state index is 1.18. The fourth-order valence-electron chi connectivity index (χ4n) is 1.45. The van der Waals surface area contributed by atoms with E-state index in [0.717, 1.165) is 0 Å². The first-order valence-electron chi connectivity index (χ1n) is 4.53. The van der Waals surface area contributed by atoms with Gasteiger partial charge in [0.2, 0.25) is 0 Å². The summed E-state index contributed by atoms with van der Waals surface area (Å²) >= 11 is 15.1. The fourth-order valence-corrected chi connectivity index (χ4v) is 43.2. The summed E-state index contributed by atoms with van der Waals surface area (Å²) in [5.74, 6) is 0. The van der Waals surface area contributed by atoms with Crippen molar-refractivity contribution in [3.8, 4) is 0 Å². The Bertz CT molecular complexity index is 582. The quantitative estimate of drug-likeness (QED) is 0.500. The van der Waals surface area contributed by atoms with Crippen LogP contribution in [0.1, 0.15) is 0 Å². The van der Waals surface area contributed by atoms with E-state index in [1.807, 2.05) is 46.3 Å². The normalized spacial score (nSPS) is 38.8. The average Bonchev–Trinajstić information content (AvgIpc) is 2.89. The van der Waals surface area contributed by atoms with Gasteiger partial charge in [-0.05, 0) is 24.3 Å². The molecule has 80 valence electrons. The first-order chi connectivity index (χ1) is 7.62. The van der Waals surface area contributed by atoms with E-state index in [-0.39, 0.29) is 0 Å². The van der Waals surface area contributed by atoms with Crippen LogP contribution in [-0.4, -0.2) is 0 Å². The van der Waals surface area contributed by atoms with E-state index in [9.17, 15) is 0 Å². The lowest BCUT2D eigenvalue weighted by atomic mass is 10.6. The van der Waals surface area contributed by atoms with Crippen molar-refractivity contribution < 1.29 is 0 Å². The first kappa shape index (κ1) is 11.6. The van der Waals surface area contributed by atoms with Crippen LogP contribution in [0.3, 0.4) is 0 Å². The smallest absolute Gasteiger partial charge is 0.104 e. The van der Waals surface area contributed by atoms with Crippen LogP contribution < -0.4 is 0 Å². The van der Waals surface area contributed by atoms with Gasteiger partial charge >= 0.3 is 0 Å². The molecule has 1 aliphatic heterocycles. The first-order valence-corrected chi connectivity index (χ1v) is 14.2. The van der Waals surface area contributed by atoms with Crippen LogP contribution in [0, 0.1) is 0 Å². The zero-order valence-corrected chi connectivity index (χ0v) is 13.0. The minimum atomic E-state index is -1.52. The standard InChI is InChI=1S/C10H6P2S4/c13-11(9-5-1-2-6-9)15-12(14,16-11)10-7-3-4-8-10/h1-5,7H. The Hall–Kier alpha value is 0.520. The van der Waals surface area contributed by atoms with Crippen molar-refractivity contribution in [2.45, 2.75) is 0 Å². The van der Waals surface area contributed by atoms with Gasteiger partial charge in [-0.2, -0.15) is 0 Å². The average molecular weight is 316 g/mol. The summed E-state index contributed by atoms with van der Waals surface area (Å²) in [6, 6.07) is 0. The Morgan fingerprint density at radius 2 is 1.31 bits per heavy atom. The Morgan fingerprint density at radius 3 is 1.62 bits per heavy atom. The molecule has 0 aromatic carbocycles. The van der Waals surface area contributed by atoms with E-state index in [4.69, 9.17) is 23.6 Å². The Balaban J connectivity index is 1.90. The lowest BCUT2D eigenvalue weighted by molar-refractivity contribution is 2.03. The summed E-state index contributed by atoms with van der Waals surface area (Å²) in [6.45, 7) is 0. The Labute approximate surface area is 112 Å². The monoisotopic (exact) mass is 316 g/mol. The molecular formula is C10H6P2S4. The molecule has 1 fully saturated rings. The molecule has 1 saturated heterocycles. The van der Waals surface area contributed by atoms with Crippen LogP contribution >= 0.6 is 30.9 Å². The van der Waals surface area contributed by atoms with Gasteiger partial charge in [0.05, 0.1) is 0 Å². The highest BCUT2D eigenvalue weighted by Gasteiger charge is 2.47. The number of rotatable bonds is 2. The molecular weight excluding hydrogens is 310 g/mol. The molecule has 0 saturated carbocycles. The molecule has 0 bridgehead atoms. The van der Waals surface area contributed by atoms with Gasteiger partial charge < -0.3 is 0 Å². The molecule has 3 rings (SSSR count). The van der Waals surface area contributed by atoms with Gasteiger partial charge in [-0.1, -0.05) is 57.8 Å². The maximum atomic E-state index is 5.73. The van der Waals surface area contributed by atoms with E-state index in [0.29, 0.717) is 0 Å². The molecule has 0 radical (unpaired) electrons. The van der Waals surface area contributed by atoms with Crippen LogP contribution in [0.2, 0.25) is 0 Å². The topological polar surface area (TPSA) is 0 Å². The van der Waals surface area contributed by atoms with Gasteiger partial charge in [-0.3, -0.25) is 0 Å². The van der Waals surface area contributed by atoms with E-state index >= 15 is 0 Å². The highest BCUT2D eigenvalue weighted by Crippen LogP contribution is 3.09. The second-order valence-corrected chi connectivity index (χ2v) is 24.5.